The van der Waals surface area contributed by atoms with Crippen LogP contribution in [0.25, 0.3) is 0 Å². The van der Waals surface area contributed by atoms with Gasteiger partial charge in [0, 0.05) is 0 Å². The first kappa shape index (κ1) is 18.1. The molecule has 0 fully saturated rings. The van der Waals surface area contributed by atoms with Gasteiger partial charge in [-0.05, 0) is 24.6 Å². The standard InChI is InChI=1S/C8H7F4N.2C2H6/c1-4-2-5(8(10,11)12)7(9)6(13)3-4;2*1-2/h2-3H,13H2,1H3;2*1-2H3. The highest BCUT2D eigenvalue weighted by Crippen LogP contribution is 2.33. The van der Waals surface area contributed by atoms with E-state index in [4.69, 9.17) is 5.73 Å². The Balaban J connectivity index is 0. The van der Waals surface area contributed by atoms with E-state index in [1.54, 1.807) is 0 Å². The average molecular weight is 253 g/mol. The summed E-state index contributed by atoms with van der Waals surface area (Å²) in [6.07, 6.45) is -4.69. The van der Waals surface area contributed by atoms with Gasteiger partial charge >= 0.3 is 6.18 Å². The van der Waals surface area contributed by atoms with Gasteiger partial charge in [-0.2, -0.15) is 13.2 Å². The van der Waals surface area contributed by atoms with Crippen LogP contribution in [0.1, 0.15) is 38.8 Å². The molecule has 0 heterocycles. The lowest BCUT2D eigenvalue weighted by atomic mass is 10.1. The zero-order chi connectivity index (χ0) is 14.2. The number of hydrogen-bond acceptors (Lipinski definition) is 1. The molecule has 0 atom stereocenters. The van der Waals surface area contributed by atoms with Crippen molar-refractivity contribution >= 4 is 5.69 Å². The fraction of sp³-hybridized carbons (Fsp3) is 0.500. The first-order valence-electron chi connectivity index (χ1n) is 5.45. The van der Waals surface area contributed by atoms with Crippen LogP contribution < -0.4 is 5.73 Å². The van der Waals surface area contributed by atoms with E-state index >= 15 is 0 Å². The summed E-state index contributed by atoms with van der Waals surface area (Å²) in [6.45, 7) is 9.42. The van der Waals surface area contributed by atoms with Gasteiger partial charge in [-0.15, -0.1) is 0 Å². The number of rotatable bonds is 0. The lowest BCUT2D eigenvalue weighted by molar-refractivity contribution is -0.139. The van der Waals surface area contributed by atoms with E-state index in [1.807, 2.05) is 27.7 Å². The number of nitrogens with two attached hydrogens (primary N) is 1. The molecule has 0 bridgehead atoms. The maximum Gasteiger partial charge on any atom is 0.419 e. The Bertz CT molecular complexity index is 332. The summed E-state index contributed by atoms with van der Waals surface area (Å²) in [5.41, 5.74) is 3.53. The summed E-state index contributed by atoms with van der Waals surface area (Å²) in [5, 5.41) is 0. The minimum atomic E-state index is -4.69. The fourth-order valence-corrected chi connectivity index (χ4v) is 1.00. The quantitative estimate of drug-likeness (QED) is 0.522. The van der Waals surface area contributed by atoms with Crippen LogP contribution >= 0.6 is 0 Å². The van der Waals surface area contributed by atoms with Crippen molar-refractivity contribution in [2.75, 3.05) is 5.73 Å². The first-order chi connectivity index (χ1) is 7.82. The van der Waals surface area contributed by atoms with Crippen molar-refractivity contribution in [2.45, 2.75) is 40.8 Å². The second-order valence-electron chi connectivity index (χ2n) is 2.71. The molecule has 1 aromatic rings. The van der Waals surface area contributed by atoms with Gasteiger partial charge < -0.3 is 5.73 Å². The van der Waals surface area contributed by atoms with E-state index in [0.717, 1.165) is 12.1 Å². The maximum absolute atomic E-state index is 12.8. The fourth-order valence-electron chi connectivity index (χ4n) is 1.00. The molecule has 17 heavy (non-hydrogen) atoms. The molecule has 0 unspecified atom stereocenters. The van der Waals surface area contributed by atoms with Crippen molar-refractivity contribution in [3.05, 3.63) is 29.1 Å². The normalized spacial score (nSPS) is 9.71. The van der Waals surface area contributed by atoms with Crippen LogP contribution in [0.15, 0.2) is 12.1 Å². The van der Waals surface area contributed by atoms with Crippen molar-refractivity contribution in [3.63, 3.8) is 0 Å². The lowest BCUT2D eigenvalue weighted by Crippen LogP contribution is -2.10. The number of anilines is 1. The first-order valence-corrected chi connectivity index (χ1v) is 5.45. The van der Waals surface area contributed by atoms with Gasteiger partial charge in [0.15, 0.2) is 5.82 Å². The third-order valence-corrected chi connectivity index (χ3v) is 1.55. The number of nitrogen functional groups attached to an aromatic ring is 1. The van der Waals surface area contributed by atoms with Crippen LogP contribution in [-0.4, -0.2) is 0 Å². The molecule has 5 heteroatoms. The van der Waals surface area contributed by atoms with Gasteiger partial charge in [-0.25, -0.2) is 4.39 Å². The molecular weight excluding hydrogens is 234 g/mol. The molecule has 0 saturated heterocycles. The molecule has 0 aromatic heterocycles. The predicted octanol–water partition coefficient (Wildman–Crippen LogP) is 4.79. The SMILES string of the molecule is CC.CC.Cc1cc(N)c(F)c(C(F)(F)F)c1. The van der Waals surface area contributed by atoms with Crippen molar-refractivity contribution in [1.29, 1.82) is 0 Å². The Labute approximate surface area is 99.6 Å². The number of alkyl halides is 3. The monoisotopic (exact) mass is 253 g/mol. The smallest absolute Gasteiger partial charge is 0.396 e. The lowest BCUT2D eigenvalue weighted by Gasteiger charge is -2.10. The summed E-state index contributed by atoms with van der Waals surface area (Å²) in [7, 11) is 0. The van der Waals surface area contributed by atoms with E-state index in [-0.39, 0.29) is 5.56 Å². The zero-order valence-corrected chi connectivity index (χ0v) is 10.7. The predicted molar refractivity (Wildman–Crippen MR) is 63.2 cm³/mol. The molecule has 0 radical (unpaired) electrons. The summed E-state index contributed by atoms with van der Waals surface area (Å²) in [4.78, 5) is 0. The highest BCUT2D eigenvalue weighted by molar-refractivity contribution is 5.47. The maximum atomic E-state index is 12.8. The van der Waals surface area contributed by atoms with E-state index in [0.29, 0.717) is 0 Å². The molecule has 1 rings (SSSR count). The molecule has 0 aliphatic carbocycles. The second kappa shape index (κ2) is 7.92. The van der Waals surface area contributed by atoms with Gasteiger partial charge in [-0.3, -0.25) is 0 Å². The average Bonchev–Trinajstić information content (AvgIpc) is 2.27. The van der Waals surface area contributed by atoms with Crippen molar-refractivity contribution in [1.82, 2.24) is 0 Å². The zero-order valence-electron chi connectivity index (χ0n) is 10.7. The summed E-state index contributed by atoms with van der Waals surface area (Å²) < 4.78 is 49.2. The largest absolute Gasteiger partial charge is 0.419 e. The van der Waals surface area contributed by atoms with Gasteiger partial charge in [0.2, 0.25) is 0 Å². The van der Waals surface area contributed by atoms with Crippen LogP contribution in [0, 0.1) is 12.7 Å². The minimum absolute atomic E-state index is 0.284. The third-order valence-electron chi connectivity index (χ3n) is 1.55. The van der Waals surface area contributed by atoms with Crippen LogP contribution in [-0.2, 0) is 6.18 Å². The Morgan fingerprint density at radius 1 is 1.00 bits per heavy atom. The van der Waals surface area contributed by atoms with Crippen LogP contribution in [0.2, 0.25) is 0 Å². The van der Waals surface area contributed by atoms with Gasteiger partial charge in [0.05, 0.1) is 11.3 Å². The highest BCUT2D eigenvalue weighted by atomic mass is 19.4. The van der Waals surface area contributed by atoms with E-state index < -0.39 is 23.2 Å². The molecule has 1 nitrogen and oxygen atoms in total. The Morgan fingerprint density at radius 2 is 1.41 bits per heavy atom. The number of aryl methyl sites for hydroxylation is 1. The molecule has 100 valence electrons. The number of benzene rings is 1. The molecular formula is C12H19F4N. The molecule has 0 aliphatic heterocycles. The number of halogens is 4. The van der Waals surface area contributed by atoms with Gasteiger partial charge in [-0.1, -0.05) is 27.7 Å². The molecule has 0 saturated carbocycles. The molecule has 0 spiro atoms. The number of hydrogen-bond donors (Lipinski definition) is 1. The Hall–Kier alpha value is -1.26. The van der Waals surface area contributed by atoms with E-state index in [2.05, 4.69) is 0 Å². The van der Waals surface area contributed by atoms with Gasteiger partial charge in [0.25, 0.3) is 0 Å². The van der Waals surface area contributed by atoms with E-state index in [9.17, 15) is 17.6 Å². The minimum Gasteiger partial charge on any atom is -0.396 e. The molecule has 1 aromatic carbocycles. The molecule has 0 aliphatic rings. The van der Waals surface area contributed by atoms with Crippen LogP contribution in [0.4, 0.5) is 23.2 Å². The second-order valence-corrected chi connectivity index (χ2v) is 2.71. The Morgan fingerprint density at radius 3 is 1.76 bits per heavy atom. The van der Waals surface area contributed by atoms with Crippen molar-refractivity contribution in [2.24, 2.45) is 0 Å². The summed E-state index contributed by atoms with van der Waals surface area (Å²) >= 11 is 0. The highest BCUT2D eigenvalue weighted by Gasteiger charge is 2.34. The Kier molecular flexibility index (Phi) is 8.44. The molecule has 0 amide bonds. The van der Waals surface area contributed by atoms with E-state index in [1.165, 1.54) is 6.92 Å². The van der Waals surface area contributed by atoms with Crippen molar-refractivity contribution in [3.8, 4) is 0 Å². The third kappa shape index (κ3) is 5.56. The summed E-state index contributed by atoms with van der Waals surface area (Å²) in [6, 6.07) is 1.89. The van der Waals surface area contributed by atoms with Crippen molar-refractivity contribution < 1.29 is 17.6 Å². The topological polar surface area (TPSA) is 26.0 Å². The van der Waals surface area contributed by atoms with Crippen LogP contribution in [0.5, 0.6) is 0 Å². The van der Waals surface area contributed by atoms with Gasteiger partial charge in [0.1, 0.15) is 0 Å². The summed E-state index contributed by atoms with van der Waals surface area (Å²) in [5.74, 6) is -1.40. The molecule has 2 N–H and O–H groups in total. The van der Waals surface area contributed by atoms with Crippen LogP contribution in [0.3, 0.4) is 0 Å².